The Morgan fingerprint density at radius 2 is 1.75 bits per heavy atom. The summed E-state index contributed by atoms with van der Waals surface area (Å²) < 4.78 is 0. The zero-order chi connectivity index (χ0) is 12.0. The van der Waals surface area contributed by atoms with Crippen molar-refractivity contribution in [3.05, 3.63) is 35.4 Å². The number of hydrogen-bond donors (Lipinski definition) is 1. The van der Waals surface area contributed by atoms with Gasteiger partial charge >= 0.3 is 0 Å². The fraction of sp³-hybridized carbons (Fsp3) is 0.600. The second kappa shape index (κ2) is 6.05. The summed E-state index contributed by atoms with van der Waals surface area (Å²) in [5.74, 6) is 0. The molecular formula is C15H25N. The minimum absolute atomic E-state index is 0.338. The van der Waals surface area contributed by atoms with Crippen LogP contribution in [0.1, 0.15) is 38.3 Å². The molecule has 0 aliphatic heterocycles. The second-order valence-corrected chi connectivity index (χ2v) is 5.50. The van der Waals surface area contributed by atoms with Gasteiger partial charge in [-0.15, -0.1) is 0 Å². The van der Waals surface area contributed by atoms with Crippen LogP contribution in [-0.2, 0) is 6.42 Å². The Labute approximate surface area is 100 Å². The van der Waals surface area contributed by atoms with Crippen LogP contribution in [0.4, 0.5) is 0 Å². The first-order chi connectivity index (χ1) is 7.53. The standard InChI is InChI=1S/C15H25N/c1-5-10-16-12-15(3,4)11-14-8-6-13(2)7-9-14/h6-9,16H,5,10-12H2,1-4H3. The van der Waals surface area contributed by atoms with Gasteiger partial charge in [0, 0.05) is 6.54 Å². The maximum absolute atomic E-state index is 3.51. The van der Waals surface area contributed by atoms with E-state index in [-0.39, 0.29) is 0 Å². The molecule has 90 valence electrons. The summed E-state index contributed by atoms with van der Waals surface area (Å²) in [6.45, 7) is 11.2. The van der Waals surface area contributed by atoms with Crippen LogP contribution >= 0.6 is 0 Å². The topological polar surface area (TPSA) is 12.0 Å². The minimum atomic E-state index is 0.338. The van der Waals surface area contributed by atoms with Crippen LogP contribution in [0.5, 0.6) is 0 Å². The fourth-order valence-corrected chi connectivity index (χ4v) is 1.92. The third-order valence-electron chi connectivity index (χ3n) is 2.83. The van der Waals surface area contributed by atoms with Gasteiger partial charge in [0.2, 0.25) is 0 Å². The summed E-state index contributed by atoms with van der Waals surface area (Å²) >= 11 is 0. The van der Waals surface area contributed by atoms with Crippen LogP contribution in [-0.4, -0.2) is 13.1 Å². The lowest BCUT2D eigenvalue weighted by Gasteiger charge is -2.25. The molecule has 1 rings (SSSR count). The van der Waals surface area contributed by atoms with Crippen molar-refractivity contribution in [1.29, 1.82) is 0 Å². The number of benzene rings is 1. The number of nitrogens with one attached hydrogen (secondary N) is 1. The number of hydrogen-bond acceptors (Lipinski definition) is 1. The van der Waals surface area contributed by atoms with Crippen LogP contribution in [0.15, 0.2) is 24.3 Å². The average Bonchev–Trinajstić information content (AvgIpc) is 2.21. The first-order valence-corrected chi connectivity index (χ1v) is 6.30. The van der Waals surface area contributed by atoms with Crippen molar-refractivity contribution < 1.29 is 0 Å². The lowest BCUT2D eigenvalue weighted by atomic mass is 9.85. The van der Waals surface area contributed by atoms with E-state index >= 15 is 0 Å². The zero-order valence-electron chi connectivity index (χ0n) is 11.1. The molecule has 0 aromatic heterocycles. The summed E-state index contributed by atoms with van der Waals surface area (Å²) in [7, 11) is 0. The maximum Gasteiger partial charge on any atom is 0.000570 e. The van der Waals surface area contributed by atoms with E-state index in [1.54, 1.807) is 0 Å². The van der Waals surface area contributed by atoms with E-state index in [0.717, 1.165) is 19.5 Å². The summed E-state index contributed by atoms with van der Waals surface area (Å²) in [6.07, 6.45) is 2.35. The highest BCUT2D eigenvalue weighted by Crippen LogP contribution is 2.21. The van der Waals surface area contributed by atoms with E-state index in [0.29, 0.717) is 5.41 Å². The first kappa shape index (κ1) is 13.2. The van der Waals surface area contributed by atoms with Gasteiger partial charge in [-0.05, 0) is 37.3 Å². The molecule has 0 saturated heterocycles. The molecule has 1 N–H and O–H groups in total. The van der Waals surface area contributed by atoms with E-state index in [2.05, 4.69) is 57.3 Å². The number of aryl methyl sites for hydroxylation is 1. The Balaban J connectivity index is 2.48. The van der Waals surface area contributed by atoms with E-state index in [1.165, 1.54) is 17.5 Å². The van der Waals surface area contributed by atoms with Gasteiger partial charge < -0.3 is 5.32 Å². The third-order valence-corrected chi connectivity index (χ3v) is 2.83. The predicted molar refractivity (Wildman–Crippen MR) is 71.8 cm³/mol. The molecule has 0 bridgehead atoms. The van der Waals surface area contributed by atoms with Crippen molar-refractivity contribution in [3.8, 4) is 0 Å². The molecular weight excluding hydrogens is 194 g/mol. The molecule has 0 fully saturated rings. The largest absolute Gasteiger partial charge is 0.316 e. The van der Waals surface area contributed by atoms with Gasteiger partial charge in [0.1, 0.15) is 0 Å². The lowest BCUT2D eigenvalue weighted by molar-refractivity contribution is 0.339. The molecule has 1 aromatic rings. The third kappa shape index (κ3) is 4.80. The molecule has 1 aromatic carbocycles. The van der Waals surface area contributed by atoms with Crippen molar-refractivity contribution in [2.75, 3.05) is 13.1 Å². The molecule has 0 unspecified atom stereocenters. The van der Waals surface area contributed by atoms with E-state index in [1.807, 2.05) is 0 Å². The SMILES string of the molecule is CCCNCC(C)(C)Cc1ccc(C)cc1. The molecule has 0 aliphatic carbocycles. The van der Waals surface area contributed by atoms with Crippen molar-refractivity contribution in [2.45, 2.75) is 40.5 Å². The van der Waals surface area contributed by atoms with Crippen molar-refractivity contribution >= 4 is 0 Å². The van der Waals surface area contributed by atoms with Crippen LogP contribution in [0.2, 0.25) is 0 Å². The molecule has 0 atom stereocenters. The average molecular weight is 219 g/mol. The lowest BCUT2D eigenvalue weighted by Crippen LogP contribution is -2.31. The summed E-state index contributed by atoms with van der Waals surface area (Å²) in [4.78, 5) is 0. The molecule has 1 nitrogen and oxygen atoms in total. The Morgan fingerprint density at radius 1 is 1.12 bits per heavy atom. The maximum atomic E-state index is 3.51. The Hall–Kier alpha value is -0.820. The van der Waals surface area contributed by atoms with Gasteiger partial charge in [-0.3, -0.25) is 0 Å². The molecule has 0 spiro atoms. The van der Waals surface area contributed by atoms with Crippen LogP contribution in [0.3, 0.4) is 0 Å². The van der Waals surface area contributed by atoms with Gasteiger partial charge in [0.05, 0.1) is 0 Å². The molecule has 16 heavy (non-hydrogen) atoms. The van der Waals surface area contributed by atoms with Gasteiger partial charge in [-0.1, -0.05) is 50.6 Å². The molecule has 1 heteroatoms. The van der Waals surface area contributed by atoms with Crippen molar-refractivity contribution in [3.63, 3.8) is 0 Å². The Kier molecular flexibility index (Phi) is 5.01. The Morgan fingerprint density at radius 3 is 2.31 bits per heavy atom. The number of rotatable bonds is 6. The molecule has 0 aliphatic rings. The fourth-order valence-electron chi connectivity index (χ4n) is 1.92. The van der Waals surface area contributed by atoms with Crippen LogP contribution in [0.25, 0.3) is 0 Å². The van der Waals surface area contributed by atoms with Gasteiger partial charge in [0.25, 0.3) is 0 Å². The van der Waals surface area contributed by atoms with Crippen LogP contribution < -0.4 is 5.32 Å². The van der Waals surface area contributed by atoms with E-state index < -0.39 is 0 Å². The highest BCUT2D eigenvalue weighted by molar-refractivity contribution is 5.22. The van der Waals surface area contributed by atoms with Crippen molar-refractivity contribution in [2.24, 2.45) is 5.41 Å². The molecule has 0 heterocycles. The summed E-state index contributed by atoms with van der Waals surface area (Å²) in [5.41, 5.74) is 3.12. The first-order valence-electron chi connectivity index (χ1n) is 6.30. The second-order valence-electron chi connectivity index (χ2n) is 5.50. The highest BCUT2D eigenvalue weighted by Gasteiger charge is 2.17. The smallest absolute Gasteiger partial charge is 0.000570 e. The van der Waals surface area contributed by atoms with Crippen molar-refractivity contribution in [1.82, 2.24) is 5.32 Å². The molecule has 0 amide bonds. The predicted octanol–water partition coefficient (Wildman–Crippen LogP) is 3.56. The highest BCUT2D eigenvalue weighted by atomic mass is 14.9. The van der Waals surface area contributed by atoms with Crippen LogP contribution in [0, 0.1) is 12.3 Å². The summed E-state index contributed by atoms with van der Waals surface area (Å²) in [5, 5.41) is 3.51. The van der Waals surface area contributed by atoms with Gasteiger partial charge in [0.15, 0.2) is 0 Å². The Bertz CT molecular complexity index is 298. The quantitative estimate of drug-likeness (QED) is 0.721. The van der Waals surface area contributed by atoms with E-state index in [4.69, 9.17) is 0 Å². The monoisotopic (exact) mass is 219 g/mol. The van der Waals surface area contributed by atoms with Gasteiger partial charge in [-0.25, -0.2) is 0 Å². The molecule has 0 radical (unpaired) electrons. The molecule has 0 saturated carbocycles. The normalized spacial score (nSPS) is 11.8. The summed E-state index contributed by atoms with van der Waals surface area (Å²) in [6, 6.07) is 8.89. The van der Waals surface area contributed by atoms with Gasteiger partial charge in [-0.2, -0.15) is 0 Å². The minimum Gasteiger partial charge on any atom is -0.316 e. The van der Waals surface area contributed by atoms with E-state index in [9.17, 15) is 0 Å². The zero-order valence-corrected chi connectivity index (χ0v) is 11.1.